The average molecular weight is 277 g/mol. The summed E-state index contributed by atoms with van der Waals surface area (Å²) in [6.45, 7) is 1.44. The highest BCUT2D eigenvalue weighted by Crippen LogP contribution is 2.30. The lowest BCUT2D eigenvalue weighted by atomic mass is 10.1. The lowest BCUT2D eigenvalue weighted by Crippen LogP contribution is -2.41. The molecular formula is C15H20FN3O. The van der Waals surface area contributed by atoms with E-state index in [0.717, 1.165) is 30.6 Å². The van der Waals surface area contributed by atoms with Crippen molar-refractivity contribution in [2.45, 2.75) is 44.3 Å². The molecule has 0 aromatic heterocycles. The van der Waals surface area contributed by atoms with Gasteiger partial charge in [0.05, 0.1) is 0 Å². The maximum absolute atomic E-state index is 13.5. The summed E-state index contributed by atoms with van der Waals surface area (Å²) in [4.78, 5) is 13.6. The molecule has 3 rings (SSSR count). The molecule has 0 spiro atoms. The molecule has 108 valence electrons. The van der Waals surface area contributed by atoms with Gasteiger partial charge in [0.1, 0.15) is 11.9 Å². The van der Waals surface area contributed by atoms with Gasteiger partial charge in [0.15, 0.2) is 0 Å². The van der Waals surface area contributed by atoms with E-state index < -0.39 is 0 Å². The summed E-state index contributed by atoms with van der Waals surface area (Å²) in [7, 11) is 0. The third kappa shape index (κ3) is 2.77. The van der Waals surface area contributed by atoms with E-state index >= 15 is 0 Å². The van der Waals surface area contributed by atoms with E-state index in [1.807, 2.05) is 4.90 Å². The number of hydrogen-bond acceptors (Lipinski definition) is 3. The number of benzene rings is 1. The Bertz CT molecular complexity index is 516. The smallest absolute Gasteiger partial charge is 0.240 e. The molecular weight excluding hydrogens is 257 g/mol. The number of halogens is 1. The summed E-state index contributed by atoms with van der Waals surface area (Å²) in [6, 6.07) is 5.07. The molecule has 0 bridgehead atoms. The van der Waals surface area contributed by atoms with Crippen LogP contribution in [0.4, 0.5) is 10.1 Å². The molecule has 1 aliphatic heterocycles. The highest BCUT2D eigenvalue weighted by Gasteiger charge is 2.30. The van der Waals surface area contributed by atoms with Gasteiger partial charge in [-0.3, -0.25) is 4.79 Å². The largest absolute Gasteiger partial charge is 0.368 e. The van der Waals surface area contributed by atoms with Crippen LogP contribution in [0, 0.1) is 5.82 Å². The summed E-state index contributed by atoms with van der Waals surface area (Å²) in [5.74, 6) is -0.538. The molecule has 4 nitrogen and oxygen atoms in total. The van der Waals surface area contributed by atoms with Gasteiger partial charge < -0.3 is 16.0 Å². The third-order valence-corrected chi connectivity index (χ3v) is 4.09. The van der Waals surface area contributed by atoms with Gasteiger partial charge in [0, 0.05) is 24.8 Å². The maximum Gasteiger partial charge on any atom is 0.240 e. The Hall–Kier alpha value is -1.62. The SMILES string of the molecule is NC(=O)C1CCCN1c1ccc(F)cc1CNC1CC1. The van der Waals surface area contributed by atoms with Gasteiger partial charge in [-0.25, -0.2) is 4.39 Å². The van der Waals surface area contributed by atoms with E-state index in [4.69, 9.17) is 5.73 Å². The Kier molecular flexibility index (Phi) is 3.61. The van der Waals surface area contributed by atoms with Crippen LogP contribution < -0.4 is 16.0 Å². The highest BCUT2D eigenvalue weighted by atomic mass is 19.1. The minimum atomic E-state index is -0.298. The predicted octanol–water partition coefficient (Wildman–Crippen LogP) is 1.53. The van der Waals surface area contributed by atoms with Crippen molar-refractivity contribution in [2.24, 2.45) is 5.73 Å². The fourth-order valence-electron chi connectivity index (χ4n) is 2.87. The number of nitrogens with one attached hydrogen (secondary N) is 1. The van der Waals surface area contributed by atoms with Gasteiger partial charge in [0.25, 0.3) is 0 Å². The highest BCUT2D eigenvalue weighted by molar-refractivity contribution is 5.84. The van der Waals surface area contributed by atoms with Crippen molar-refractivity contribution in [3.8, 4) is 0 Å². The van der Waals surface area contributed by atoms with E-state index in [9.17, 15) is 9.18 Å². The molecule has 1 saturated heterocycles. The monoisotopic (exact) mass is 277 g/mol. The molecule has 1 unspecified atom stereocenters. The molecule has 2 aliphatic rings. The summed E-state index contributed by atoms with van der Waals surface area (Å²) >= 11 is 0. The standard InChI is InChI=1S/C15H20FN3O/c16-11-3-6-13(10(8-11)9-18-12-4-5-12)19-7-1-2-14(19)15(17)20/h3,6,8,12,14,18H,1-2,4-5,7,9H2,(H2,17,20). The number of amides is 1. The lowest BCUT2D eigenvalue weighted by Gasteiger charge is -2.27. The predicted molar refractivity (Wildman–Crippen MR) is 75.8 cm³/mol. The number of primary amides is 1. The normalized spacial score (nSPS) is 22.2. The molecule has 5 heteroatoms. The molecule has 3 N–H and O–H groups in total. The van der Waals surface area contributed by atoms with Crippen molar-refractivity contribution in [1.29, 1.82) is 0 Å². The summed E-state index contributed by atoms with van der Waals surface area (Å²) in [5.41, 5.74) is 7.31. The molecule has 1 heterocycles. The summed E-state index contributed by atoms with van der Waals surface area (Å²) < 4.78 is 13.5. The fraction of sp³-hybridized carbons (Fsp3) is 0.533. The van der Waals surface area contributed by atoms with Crippen LogP contribution in [0.15, 0.2) is 18.2 Å². The molecule has 1 aromatic rings. The van der Waals surface area contributed by atoms with Crippen LogP contribution in [0.25, 0.3) is 0 Å². The van der Waals surface area contributed by atoms with Gasteiger partial charge in [-0.1, -0.05) is 0 Å². The molecule has 0 radical (unpaired) electrons. The van der Waals surface area contributed by atoms with E-state index in [-0.39, 0.29) is 17.8 Å². The van der Waals surface area contributed by atoms with Crippen LogP contribution in [-0.4, -0.2) is 24.5 Å². The van der Waals surface area contributed by atoms with Crippen molar-refractivity contribution in [3.05, 3.63) is 29.6 Å². The van der Waals surface area contributed by atoms with Crippen molar-refractivity contribution >= 4 is 11.6 Å². The Morgan fingerprint density at radius 3 is 2.90 bits per heavy atom. The first-order valence-electron chi connectivity index (χ1n) is 7.23. The number of nitrogens with zero attached hydrogens (tertiary/aromatic N) is 1. The second-order valence-electron chi connectivity index (χ2n) is 5.68. The van der Waals surface area contributed by atoms with Crippen molar-refractivity contribution in [1.82, 2.24) is 5.32 Å². The fourth-order valence-corrected chi connectivity index (χ4v) is 2.87. The van der Waals surface area contributed by atoms with Gasteiger partial charge in [-0.15, -0.1) is 0 Å². The van der Waals surface area contributed by atoms with Crippen molar-refractivity contribution in [2.75, 3.05) is 11.4 Å². The van der Waals surface area contributed by atoms with Crippen molar-refractivity contribution in [3.63, 3.8) is 0 Å². The molecule has 2 fully saturated rings. The van der Waals surface area contributed by atoms with Crippen LogP contribution in [0.3, 0.4) is 0 Å². The van der Waals surface area contributed by atoms with E-state index in [2.05, 4.69) is 5.32 Å². The van der Waals surface area contributed by atoms with Crippen LogP contribution >= 0.6 is 0 Å². The minimum absolute atomic E-state index is 0.240. The number of nitrogens with two attached hydrogens (primary N) is 1. The molecule has 1 atom stereocenters. The Balaban J connectivity index is 1.84. The summed E-state index contributed by atoms with van der Waals surface area (Å²) in [6.07, 6.45) is 4.11. The minimum Gasteiger partial charge on any atom is -0.368 e. The van der Waals surface area contributed by atoms with Gasteiger partial charge in [-0.2, -0.15) is 0 Å². The quantitative estimate of drug-likeness (QED) is 0.858. The lowest BCUT2D eigenvalue weighted by molar-refractivity contribution is -0.119. The average Bonchev–Trinajstić information content (AvgIpc) is 3.11. The topological polar surface area (TPSA) is 58.4 Å². The Labute approximate surface area is 118 Å². The second-order valence-corrected chi connectivity index (χ2v) is 5.68. The van der Waals surface area contributed by atoms with E-state index in [0.29, 0.717) is 12.6 Å². The number of rotatable bonds is 5. The molecule has 20 heavy (non-hydrogen) atoms. The zero-order valence-corrected chi connectivity index (χ0v) is 11.4. The van der Waals surface area contributed by atoms with E-state index in [1.54, 1.807) is 12.1 Å². The van der Waals surface area contributed by atoms with Crippen LogP contribution in [0.2, 0.25) is 0 Å². The number of anilines is 1. The molecule has 1 aromatic carbocycles. The van der Waals surface area contributed by atoms with E-state index in [1.165, 1.54) is 18.9 Å². The number of carbonyl (C=O) groups is 1. The Morgan fingerprint density at radius 2 is 2.20 bits per heavy atom. The van der Waals surface area contributed by atoms with Crippen LogP contribution in [0.5, 0.6) is 0 Å². The third-order valence-electron chi connectivity index (χ3n) is 4.09. The molecule has 1 aliphatic carbocycles. The number of carbonyl (C=O) groups excluding carboxylic acids is 1. The summed E-state index contributed by atoms with van der Waals surface area (Å²) in [5, 5.41) is 3.40. The maximum atomic E-state index is 13.5. The number of hydrogen-bond donors (Lipinski definition) is 2. The van der Waals surface area contributed by atoms with Gasteiger partial charge in [0.2, 0.25) is 5.91 Å². The van der Waals surface area contributed by atoms with Crippen LogP contribution in [-0.2, 0) is 11.3 Å². The molecule has 1 saturated carbocycles. The Morgan fingerprint density at radius 1 is 1.40 bits per heavy atom. The zero-order valence-electron chi connectivity index (χ0n) is 11.4. The van der Waals surface area contributed by atoms with Crippen molar-refractivity contribution < 1.29 is 9.18 Å². The van der Waals surface area contributed by atoms with Gasteiger partial charge in [-0.05, 0) is 49.4 Å². The zero-order chi connectivity index (χ0) is 14.1. The second kappa shape index (κ2) is 5.40. The first-order chi connectivity index (χ1) is 9.65. The first kappa shape index (κ1) is 13.4. The first-order valence-corrected chi connectivity index (χ1v) is 7.23. The molecule has 1 amide bonds. The van der Waals surface area contributed by atoms with Crippen LogP contribution in [0.1, 0.15) is 31.2 Å². The van der Waals surface area contributed by atoms with Gasteiger partial charge >= 0.3 is 0 Å².